The van der Waals surface area contributed by atoms with Gasteiger partial charge in [0.05, 0.1) is 9.92 Å². The molecule has 1 aromatic carbocycles. The molecule has 1 saturated carbocycles. The van der Waals surface area contributed by atoms with Crippen LogP contribution in [0.1, 0.15) is 25.3 Å². The van der Waals surface area contributed by atoms with Crippen LogP contribution in [0.5, 0.6) is 0 Å². The number of nitrogens with zero attached hydrogens (tertiary/aromatic N) is 1. The van der Waals surface area contributed by atoms with E-state index in [0.29, 0.717) is 11.5 Å². The Hall–Kier alpha value is -0.690. The van der Waals surface area contributed by atoms with E-state index in [1.54, 1.807) is 13.1 Å². The summed E-state index contributed by atoms with van der Waals surface area (Å²) in [5.41, 5.74) is 6.00. The second-order valence-electron chi connectivity index (χ2n) is 5.11. The molecule has 0 spiro atoms. The number of nitrogens with two attached hydrogens (primary N) is 1. The largest absolute Gasteiger partial charge is 0.389 e. The normalized spacial score (nSPS) is 17.2. The minimum absolute atomic E-state index is 0.00552. The molecule has 0 aromatic heterocycles. The van der Waals surface area contributed by atoms with Crippen molar-refractivity contribution in [2.75, 3.05) is 7.05 Å². The Bertz CT molecular complexity index is 642. The monoisotopic (exact) mass is 332 g/mol. The first kappa shape index (κ1) is 15.7. The van der Waals surface area contributed by atoms with Crippen molar-refractivity contribution in [2.24, 2.45) is 11.7 Å². The predicted octanol–water partition coefficient (Wildman–Crippen LogP) is 2.39. The van der Waals surface area contributed by atoms with Crippen LogP contribution in [0.4, 0.5) is 0 Å². The highest BCUT2D eigenvalue weighted by molar-refractivity contribution is 7.89. The molecule has 0 saturated heterocycles. The highest BCUT2D eigenvalue weighted by Gasteiger charge is 2.36. The summed E-state index contributed by atoms with van der Waals surface area (Å²) >= 11 is 10.9. The zero-order valence-corrected chi connectivity index (χ0v) is 13.7. The maximum atomic E-state index is 12.5. The highest BCUT2D eigenvalue weighted by atomic mass is 35.5. The summed E-state index contributed by atoms with van der Waals surface area (Å²) in [4.78, 5) is 0.316. The third kappa shape index (κ3) is 2.98. The fourth-order valence-corrected chi connectivity index (χ4v) is 4.15. The van der Waals surface area contributed by atoms with Gasteiger partial charge in [0, 0.05) is 18.7 Å². The van der Waals surface area contributed by atoms with Gasteiger partial charge >= 0.3 is 0 Å². The summed E-state index contributed by atoms with van der Waals surface area (Å²) in [6.45, 7) is 1.93. The Morgan fingerprint density at radius 2 is 2.10 bits per heavy atom. The maximum Gasteiger partial charge on any atom is 0.243 e. The minimum atomic E-state index is -3.54. The smallest absolute Gasteiger partial charge is 0.243 e. The molecule has 2 rings (SSSR count). The van der Waals surface area contributed by atoms with Gasteiger partial charge in [-0.3, -0.25) is 0 Å². The van der Waals surface area contributed by atoms with Crippen LogP contribution in [0, 0.1) is 5.92 Å². The lowest BCUT2D eigenvalue weighted by Gasteiger charge is -2.24. The van der Waals surface area contributed by atoms with Crippen LogP contribution in [0.2, 0.25) is 5.02 Å². The summed E-state index contributed by atoms with van der Waals surface area (Å²) in [5.74, 6) is 0.459. The lowest BCUT2D eigenvalue weighted by atomic mass is 10.2. The molecule has 0 radical (unpaired) electrons. The Morgan fingerprint density at radius 3 is 2.55 bits per heavy atom. The molecule has 0 amide bonds. The summed E-state index contributed by atoms with van der Waals surface area (Å²) < 4.78 is 26.5. The SMILES string of the molecule is CC(C1CC1)N(C)S(=O)(=O)c1ccc(C(N)=S)c(Cl)c1. The molecule has 2 N–H and O–H groups in total. The van der Waals surface area contributed by atoms with Crippen LogP contribution >= 0.6 is 23.8 Å². The van der Waals surface area contributed by atoms with Crippen molar-refractivity contribution in [2.45, 2.75) is 30.7 Å². The van der Waals surface area contributed by atoms with Gasteiger partial charge in [0.2, 0.25) is 10.0 Å². The summed E-state index contributed by atoms with van der Waals surface area (Å²) in [5, 5.41) is 0.256. The first-order valence-electron chi connectivity index (χ1n) is 6.32. The van der Waals surface area contributed by atoms with Crippen LogP contribution < -0.4 is 5.73 Å². The molecule has 0 heterocycles. The van der Waals surface area contributed by atoms with Gasteiger partial charge in [-0.2, -0.15) is 4.31 Å². The molecular formula is C13H17ClN2O2S2. The van der Waals surface area contributed by atoms with Crippen molar-refractivity contribution in [3.63, 3.8) is 0 Å². The predicted molar refractivity (Wildman–Crippen MR) is 84.5 cm³/mol. The van der Waals surface area contributed by atoms with Crippen molar-refractivity contribution >= 4 is 38.8 Å². The number of hydrogen-bond donors (Lipinski definition) is 1. The Morgan fingerprint density at radius 1 is 1.50 bits per heavy atom. The van der Waals surface area contributed by atoms with Crippen LogP contribution in [-0.4, -0.2) is 30.8 Å². The van der Waals surface area contributed by atoms with Crippen LogP contribution in [0.3, 0.4) is 0 Å². The van der Waals surface area contributed by atoms with E-state index in [0.717, 1.165) is 12.8 Å². The van der Waals surface area contributed by atoms with Gasteiger partial charge in [-0.25, -0.2) is 8.42 Å². The zero-order valence-electron chi connectivity index (χ0n) is 11.3. The molecule has 0 bridgehead atoms. The molecule has 20 heavy (non-hydrogen) atoms. The molecule has 1 fully saturated rings. The Kier molecular flexibility index (Phi) is 4.39. The number of rotatable bonds is 5. The minimum Gasteiger partial charge on any atom is -0.389 e. The van der Waals surface area contributed by atoms with E-state index >= 15 is 0 Å². The van der Waals surface area contributed by atoms with Crippen LogP contribution in [-0.2, 0) is 10.0 Å². The third-order valence-electron chi connectivity index (χ3n) is 3.76. The third-order valence-corrected chi connectivity index (χ3v) is 6.23. The summed E-state index contributed by atoms with van der Waals surface area (Å²) in [6, 6.07) is 4.44. The van der Waals surface area contributed by atoms with Crippen LogP contribution in [0.25, 0.3) is 0 Å². The molecule has 1 aliphatic carbocycles. The van der Waals surface area contributed by atoms with Crippen LogP contribution in [0.15, 0.2) is 23.1 Å². The maximum absolute atomic E-state index is 12.5. The topological polar surface area (TPSA) is 63.4 Å². The molecule has 7 heteroatoms. The van der Waals surface area contributed by atoms with Gasteiger partial charge in [-0.15, -0.1) is 0 Å². The first-order valence-corrected chi connectivity index (χ1v) is 8.55. The van der Waals surface area contributed by atoms with E-state index in [9.17, 15) is 8.42 Å². The average molecular weight is 333 g/mol. The molecule has 1 aromatic rings. The van der Waals surface area contributed by atoms with Gasteiger partial charge in [-0.1, -0.05) is 23.8 Å². The standard InChI is InChI=1S/C13H17ClN2O2S2/c1-8(9-3-4-9)16(2)20(17,18)10-5-6-11(13(15)19)12(14)7-10/h5-9H,3-4H2,1-2H3,(H2,15,19). The second kappa shape index (κ2) is 5.60. The molecule has 1 aliphatic rings. The highest BCUT2D eigenvalue weighted by Crippen LogP contribution is 2.36. The summed E-state index contributed by atoms with van der Waals surface area (Å²) in [6.07, 6.45) is 2.17. The number of thiocarbonyl (C=S) groups is 1. The van der Waals surface area contributed by atoms with Gasteiger partial charge in [-0.05, 0) is 43.9 Å². The number of hydrogen-bond acceptors (Lipinski definition) is 3. The van der Waals surface area contributed by atoms with E-state index in [1.165, 1.54) is 16.4 Å². The average Bonchev–Trinajstić information content (AvgIpc) is 3.20. The molecular weight excluding hydrogens is 316 g/mol. The number of halogens is 1. The molecule has 4 nitrogen and oxygen atoms in total. The van der Waals surface area contributed by atoms with E-state index in [2.05, 4.69) is 0 Å². The molecule has 110 valence electrons. The van der Waals surface area contributed by atoms with E-state index < -0.39 is 10.0 Å². The van der Waals surface area contributed by atoms with Gasteiger partial charge in [0.1, 0.15) is 4.99 Å². The Balaban J connectivity index is 2.34. The lowest BCUT2D eigenvalue weighted by molar-refractivity contribution is 0.357. The van der Waals surface area contributed by atoms with Crippen molar-refractivity contribution in [1.82, 2.24) is 4.31 Å². The second-order valence-corrected chi connectivity index (χ2v) is 7.95. The van der Waals surface area contributed by atoms with Crippen molar-refractivity contribution in [3.05, 3.63) is 28.8 Å². The van der Waals surface area contributed by atoms with Gasteiger partial charge < -0.3 is 5.73 Å². The van der Waals surface area contributed by atoms with Gasteiger partial charge in [0.15, 0.2) is 0 Å². The number of sulfonamides is 1. The van der Waals surface area contributed by atoms with E-state index in [-0.39, 0.29) is 20.9 Å². The van der Waals surface area contributed by atoms with Crippen molar-refractivity contribution in [3.8, 4) is 0 Å². The lowest BCUT2D eigenvalue weighted by Crippen LogP contribution is -2.36. The molecule has 1 unspecified atom stereocenters. The van der Waals surface area contributed by atoms with E-state index in [1.807, 2.05) is 6.92 Å². The van der Waals surface area contributed by atoms with Crippen molar-refractivity contribution < 1.29 is 8.42 Å². The quantitative estimate of drug-likeness (QED) is 0.841. The molecule has 0 aliphatic heterocycles. The fourth-order valence-electron chi connectivity index (χ4n) is 2.12. The first-order chi connectivity index (χ1) is 9.25. The van der Waals surface area contributed by atoms with Gasteiger partial charge in [0.25, 0.3) is 0 Å². The fraction of sp³-hybridized carbons (Fsp3) is 0.462. The zero-order chi connectivity index (χ0) is 15.1. The number of benzene rings is 1. The van der Waals surface area contributed by atoms with E-state index in [4.69, 9.17) is 29.6 Å². The summed E-state index contributed by atoms with van der Waals surface area (Å²) in [7, 11) is -1.94. The molecule has 1 atom stereocenters. The van der Waals surface area contributed by atoms with Crippen molar-refractivity contribution in [1.29, 1.82) is 0 Å². The Labute approximate surface area is 130 Å².